The molecule has 0 atom stereocenters. The molecular weight excluding hydrogens is 128 g/mol. The Labute approximate surface area is 62.2 Å². The highest BCUT2D eigenvalue weighted by Crippen LogP contribution is 1.67. The summed E-state index contributed by atoms with van der Waals surface area (Å²) in [5, 5.41) is 0. The average molecular weight is 142 g/mol. The van der Waals surface area contributed by atoms with Gasteiger partial charge in [-0.3, -0.25) is 0 Å². The molecule has 0 saturated carbocycles. The van der Waals surface area contributed by atoms with Gasteiger partial charge in [-0.15, -0.1) is 0 Å². The Hall–Kier alpha value is -1.05. The van der Waals surface area contributed by atoms with E-state index in [4.69, 9.17) is 0 Å². The first-order valence-electron chi connectivity index (χ1n) is 3.00. The maximum absolute atomic E-state index is 9.84. The fourth-order valence-corrected chi connectivity index (χ4v) is 0.0833. The minimum atomic E-state index is -0.394. The molecule has 0 bridgehead atoms. The molecule has 0 radical (unpaired) electrons. The molecule has 0 saturated heterocycles. The maximum atomic E-state index is 9.84. The van der Waals surface area contributed by atoms with E-state index in [9.17, 15) is 4.79 Å². The number of allylic oxidation sites excluding steroid dienone is 2. The van der Waals surface area contributed by atoms with Gasteiger partial charge in [-0.25, -0.2) is 4.79 Å². The van der Waals surface area contributed by atoms with Crippen molar-refractivity contribution in [3.05, 3.63) is 24.8 Å². The molecule has 0 amide bonds. The fourth-order valence-electron chi connectivity index (χ4n) is 0.0833. The van der Waals surface area contributed by atoms with Gasteiger partial charge in [0.05, 0.1) is 7.11 Å². The number of carbonyl (C=O) groups is 1. The number of ether oxygens (including phenoxy) is 1. The first kappa shape index (κ1) is 11.7. The second-order valence-electron chi connectivity index (χ2n) is 1.39. The third kappa shape index (κ3) is 15.8. The Balaban J connectivity index is 0. The van der Waals surface area contributed by atoms with Crippen LogP contribution in [0.15, 0.2) is 24.8 Å². The third-order valence-electron chi connectivity index (χ3n) is 0.701. The predicted octanol–water partition coefficient (Wildman–Crippen LogP) is 1.93. The molecule has 0 aliphatic rings. The zero-order chi connectivity index (χ0) is 8.41. The molecule has 0 N–H and O–H groups in total. The lowest BCUT2D eigenvalue weighted by Gasteiger charge is -1.83. The molecule has 58 valence electrons. The van der Waals surface area contributed by atoms with Gasteiger partial charge in [0.2, 0.25) is 0 Å². The molecule has 0 aliphatic carbocycles. The largest absolute Gasteiger partial charge is 0.466 e. The quantitative estimate of drug-likeness (QED) is 0.317. The van der Waals surface area contributed by atoms with E-state index < -0.39 is 5.97 Å². The van der Waals surface area contributed by atoms with Crippen molar-refractivity contribution in [2.45, 2.75) is 13.8 Å². The number of carbonyl (C=O) groups excluding carboxylic acids is 1. The highest BCUT2D eigenvalue weighted by atomic mass is 16.5. The Morgan fingerprint density at radius 1 is 1.40 bits per heavy atom. The van der Waals surface area contributed by atoms with Gasteiger partial charge in [-0.2, -0.15) is 0 Å². The topological polar surface area (TPSA) is 26.3 Å². The van der Waals surface area contributed by atoms with Crippen LogP contribution in [0.25, 0.3) is 0 Å². The molecule has 0 aromatic carbocycles. The van der Waals surface area contributed by atoms with Crippen LogP contribution in [0, 0.1) is 0 Å². The molecule has 0 aromatic heterocycles. The lowest BCUT2D eigenvalue weighted by molar-refractivity contribution is -0.134. The number of methoxy groups -OCH3 is 1. The summed E-state index contributed by atoms with van der Waals surface area (Å²) in [5.74, 6) is -0.394. The summed E-state index contributed by atoms with van der Waals surface area (Å²) >= 11 is 0. The van der Waals surface area contributed by atoms with E-state index in [1.54, 1.807) is 0 Å². The molecule has 10 heavy (non-hydrogen) atoms. The summed E-state index contributed by atoms with van der Waals surface area (Å²) in [6, 6.07) is 0. The second-order valence-corrected chi connectivity index (χ2v) is 1.39. The lowest BCUT2D eigenvalue weighted by Crippen LogP contribution is -1.91. The molecule has 0 fully saturated rings. The molecule has 0 heterocycles. The van der Waals surface area contributed by atoms with Crippen LogP contribution in [0.2, 0.25) is 0 Å². The summed E-state index contributed by atoms with van der Waals surface area (Å²) in [5.41, 5.74) is 0. The van der Waals surface area contributed by atoms with Crippen molar-refractivity contribution in [1.82, 2.24) is 0 Å². The Morgan fingerprint density at radius 3 is 1.80 bits per heavy atom. The van der Waals surface area contributed by atoms with Crippen LogP contribution in [0.3, 0.4) is 0 Å². The molecule has 2 heteroatoms. The summed E-state index contributed by atoms with van der Waals surface area (Å²) in [6.45, 7) is 7.16. The monoisotopic (exact) mass is 142 g/mol. The first-order valence-corrected chi connectivity index (χ1v) is 3.00. The van der Waals surface area contributed by atoms with Gasteiger partial charge >= 0.3 is 5.97 Å². The van der Waals surface area contributed by atoms with Gasteiger partial charge in [0, 0.05) is 6.08 Å². The normalized spacial score (nSPS) is 7.90. The molecule has 0 spiro atoms. The Bertz CT molecular complexity index is 110. The zero-order valence-corrected chi connectivity index (χ0v) is 6.76. The molecule has 0 aromatic rings. The van der Waals surface area contributed by atoms with Crippen LogP contribution in [0.5, 0.6) is 0 Å². The van der Waals surface area contributed by atoms with Crippen LogP contribution < -0.4 is 0 Å². The minimum absolute atomic E-state index is 0.394. The van der Waals surface area contributed by atoms with Crippen molar-refractivity contribution in [1.29, 1.82) is 0 Å². The van der Waals surface area contributed by atoms with Crippen LogP contribution in [-0.4, -0.2) is 13.1 Å². The van der Waals surface area contributed by atoms with Crippen LogP contribution in [0.1, 0.15) is 13.8 Å². The fraction of sp³-hybridized carbons (Fsp3) is 0.375. The summed E-state index contributed by atoms with van der Waals surface area (Å²) in [7, 11) is 1.31. The van der Waals surface area contributed by atoms with E-state index in [1.807, 2.05) is 26.0 Å². The Kier molecular flexibility index (Phi) is 12.7. The van der Waals surface area contributed by atoms with E-state index in [-0.39, 0.29) is 0 Å². The minimum Gasteiger partial charge on any atom is -0.466 e. The van der Waals surface area contributed by atoms with Gasteiger partial charge in [-0.05, 0) is 13.8 Å². The molecule has 2 nitrogen and oxygen atoms in total. The van der Waals surface area contributed by atoms with E-state index >= 15 is 0 Å². The highest BCUT2D eigenvalue weighted by molar-refractivity contribution is 5.80. The molecule has 0 unspecified atom stereocenters. The smallest absolute Gasteiger partial charge is 0.329 e. The van der Waals surface area contributed by atoms with E-state index in [2.05, 4.69) is 11.3 Å². The lowest BCUT2D eigenvalue weighted by atomic mass is 10.6. The third-order valence-corrected chi connectivity index (χ3v) is 0.701. The maximum Gasteiger partial charge on any atom is 0.329 e. The SMILES string of the molecule is C/C=C/C.C=CC(=O)OC. The van der Waals surface area contributed by atoms with Crippen LogP contribution in [0.4, 0.5) is 0 Å². The highest BCUT2D eigenvalue weighted by Gasteiger charge is 1.81. The van der Waals surface area contributed by atoms with Gasteiger partial charge in [0.15, 0.2) is 0 Å². The van der Waals surface area contributed by atoms with Gasteiger partial charge < -0.3 is 4.74 Å². The number of hydrogen-bond donors (Lipinski definition) is 0. The van der Waals surface area contributed by atoms with Crippen LogP contribution in [-0.2, 0) is 9.53 Å². The number of esters is 1. The predicted molar refractivity (Wildman–Crippen MR) is 42.7 cm³/mol. The van der Waals surface area contributed by atoms with Crippen molar-refractivity contribution in [3.63, 3.8) is 0 Å². The van der Waals surface area contributed by atoms with Crippen molar-refractivity contribution in [2.24, 2.45) is 0 Å². The van der Waals surface area contributed by atoms with Crippen molar-refractivity contribution < 1.29 is 9.53 Å². The average Bonchev–Trinajstić information content (AvgIpc) is 2.03. The van der Waals surface area contributed by atoms with E-state index in [0.717, 1.165) is 6.08 Å². The zero-order valence-electron chi connectivity index (χ0n) is 6.76. The van der Waals surface area contributed by atoms with Crippen LogP contribution >= 0.6 is 0 Å². The van der Waals surface area contributed by atoms with Crippen molar-refractivity contribution in [3.8, 4) is 0 Å². The van der Waals surface area contributed by atoms with Gasteiger partial charge in [-0.1, -0.05) is 18.7 Å². The summed E-state index contributed by atoms with van der Waals surface area (Å²) < 4.78 is 4.14. The molecular formula is C8H14O2. The summed E-state index contributed by atoms with van der Waals surface area (Å²) in [6.07, 6.45) is 5.11. The summed E-state index contributed by atoms with van der Waals surface area (Å²) in [4.78, 5) is 9.84. The number of rotatable bonds is 1. The Morgan fingerprint density at radius 2 is 1.80 bits per heavy atom. The molecule has 0 aliphatic heterocycles. The van der Waals surface area contributed by atoms with Gasteiger partial charge in [0.25, 0.3) is 0 Å². The molecule has 0 rings (SSSR count). The number of hydrogen-bond acceptors (Lipinski definition) is 2. The van der Waals surface area contributed by atoms with E-state index in [1.165, 1.54) is 7.11 Å². The van der Waals surface area contributed by atoms with Crippen molar-refractivity contribution >= 4 is 5.97 Å². The van der Waals surface area contributed by atoms with E-state index in [0.29, 0.717) is 0 Å². The first-order chi connectivity index (χ1) is 4.72. The second kappa shape index (κ2) is 10.8. The standard InChI is InChI=1S/C4H6O2.C4H8/c1-3-4(5)6-2;1-3-4-2/h3H,1H2,2H3;3-4H,1-2H3/b;4-3+. The van der Waals surface area contributed by atoms with Crippen molar-refractivity contribution in [2.75, 3.05) is 7.11 Å². The van der Waals surface area contributed by atoms with Gasteiger partial charge in [0.1, 0.15) is 0 Å².